The second kappa shape index (κ2) is 5.04. The van der Waals surface area contributed by atoms with Crippen molar-refractivity contribution in [2.45, 2.75) is 13.3 Å². The average Bonchev–Trinajstić information content (AvgIpc) is 1.68. The minimum Gasteiger partial charge on any atom is -0.295 e. The Kier molecular flexibility index (Phi) is 4.97. The molecule has 0 N–H and O–H groups in total. The molecule has 0 bridgehead atoms. The molecule has 0 aromatic heterocycles. The molecule has 0 rings (SSSR count). The van der Waals surface area contributed by atoms with Crippen molar-refractivity contribution in [3.63, 3.8) is 0 Å². The summed E-state index contributed by atoms with van der Waals surface area (Å²) in [5, 5.41) is 0. The van der Waals surface area contributed by atoms with Crippen LogP contribution in [0, 0.1) is 0 Å². The second-order valence-corrected chi connectivity index (χ2v) is 2.30. The largest absolute Gasteiger partial charge is 0.295 e. The van der Waals surface area contributed by atoms with Gasteiger partial charge in [0.1, 0.15) is 0 Å². The number of allylic oxidation sites excluding steroid dienone is 2. The molecule has 46 valence electrons. The van der Waals surface area contributed by atoms with E-state index in [1.165, 1.54) is 0 Å². The van der Waals surface area contributed by atoms with Crippen LogP contribution in [0.4, 0.5) is 0 Å². The maximum absolute atomic E-state index is 3.81. The standard InChI is InChI=1S/C6H10BrN/c1-3-4-6(7)5-8-2/h4-5H,3H2,1-2H3/b6-4+,8-5?. The van der Waals surface area contributed by atoms with Gasteiger partial charge in [0.15, 0.2) is 0 Å². The summed E-state index contributed by atoms with van der Waals surface area (Å²) in [5.41, 5.74) is 0. The van der Waals surface area contributed by atoms with E-state index < -0.39 is 0 Å². The van der Waals surface area contributed by atoms with Crippen molar-refractivity contribution in [2.75, 3.05) is 7.05 Å². The van der Waals surface area contributed by atoms with Crippen LogP contribution < -0.4 is 0 Å². The highest BCUT2D eigenvalue weighted by Crippen LogP contribution is 2.01. The van der Waals surface area contributed by atoms with Crippen LogP contribution in [0.3, 0.4) is 0 Å². The van der Waals surface area contributed by atoms with Gasteiger partial charge in [0.2, 0.25) is 0 Å². The third-order valence-electron chi connectivity index (χ3n) is 0.652. The van der Waals surface area contributed by atoms with Crippen molar-refractivity contribution in [3.05, 3.63) is 10.6 Å². The van der Waals surface area contributed by atoms with E-state index in [4.69, 9.17) is 0 Å². The summed E-state index contributed by atoms with van der Waals surface area (Å²) in [6, 6.07) is 0. The lowest BCUT2D eigenvalue weighted by atomic mass is 10.4. The van der Waals surface area contributed by atoms with Crippen LogP contribution in [0.15, 0.2) is 15.6 Å². The van der Waals surface area contributed by atoms with Crippen LogP contribution >= 0.6 is 15.9 Å². The fourth-order valence-corrected chi connectivity index (χ4v) is 0.900. The summed E-state index contributed by atoms with van der Waals surface area (Å²) in [6.07, 6.45) is 4.89. The lowest BCUT2D eigenvalue weighted by Gasteiger charge is -1.82. The van der Waals surface area contributed by atoms with Crippen molar-refractivity contribution in [2.24, 2.45) is 4.99 Å². The molecule has 0 aliphatic rings. The summed E-state index contributed by atoms with van der Waals surface area (Å²) in [5.74, 6) is 0. The quantitative estimate of drug-likeness (QED) is 0.572. The van der Waals surface area contributed by atoms with Crippen LogP contribution in [0.5, 0.6) is 0 Å². The van der Waals surface area contributed by atoms with E-state index in [1.807, 2.05) is 0 Å². The lowest BCUT2D eigenvalue weighted by molar-refractivity contribution is 1.22. The molecule has 0 aliphatic heterocycles. The van der Waals surface area contributed by atoms with Gasteiger partial charge in [0.25, 0.3) is 0 Å². The molecular weight excluding hydrogens is 166 g/mol. The summed E-state index contributed by atoms with van der Waals surface area (Å²) in [6.45, 7) is 2.09. The molecular formula is C6H10BrN. The Labute approximate surface area is 58.6 Å². The number of halogens is 1. The van der Waals surface area contributed by atoms with E-state index in [-0.39, 0.29) is 0 Å². The zero-order valence-corrected chi connectivity index (χ0v) is 6.77. The van der Waals surface area contributed by atoms with Gasteiger partial charge in [0.05, 0.1) is 0 Å². The van der Waals surface area contributed by atoms with Crippen molar-refractivity contribution < 1.29 is 0 Å². The van der Waals surface area contributed by atoms with Crippen molar-refractivity contribution in [1.82, 2.24) is 0 Å². The van der Waals surface area contributed by atoms with E-state index in [1.54, 1.807) is 13.3 Å². The van der Waals surface area contributed by atoms with Gasteiger partial charge in [0, 0.05) is 17.7 Å². The molecule has 0 aliphatic carbocycles. The zero-order chi connectivity index (χ0) is 6.41. The minimum atomic E-state index is 1.05. The molecule has 1 nitrogen and oxygen atoms in total. The first kappa shape index (κ1) is 7.89. The second-order valence-electron chi connectivity index (χ2n) is 1.38. The third-order valence-corrected chi connectivity index (χ3v) is 1.18. The average molecular weight is 176 g/mol. The van der Waals surface area contributed by atoms with Crippen LogP contribution in [0.25, 0.3) is 0 Å². The van der Waals surface area contributed by atoms with Gasteiger partial charge in [-0.05, 0) is 22.4 Å². The maximum Gasteiger partial charge on any atom is 0.0347 e. The van der Waals surface area contributed by atoms with Gasteiger partial charge in [-0.25, -0.2) is 0 Å². The van der Waals surface area contributed by atoms with Crippen LogP contribution in [0.2, 0.25) is 0 Å². The number of aliphatic imine (C=N–C) groups is 1. The normalized spacial score (nSPS) is 13.1. The number of nitrogens with zero attached hydrogens (tertiary/aromatic N) is 1. The van der Waals surface area contributed by atoms with Gasteiger partial charge in [-0.2, -0.15) is 0 Å². The molecule has 0 unspecified atom stereocenters. The smallest absolute Gasteiger partial charge is 0.0347 e. The van der Waals surface area contributed by atoms with Crippen molar-refractivity contribution >= 4 is 22.1 Å². The van der Waals surface area contributed by atoms with Gasteiger partial charge in [-0.3, -0.25) is 4.99 Å². The Hall–Kier alpha value is -0.110. The third kappa shape index (κ3) is 4.06. The molecule has 2 heteroatoms. The molecule has 0 amide bonds. The van der Waals surface area contributed by atoms with E-state index >= 15 is 0 Å². The van der Waals surface area contributed by atoms with Crippen LogP contribution in [0.1, 0.15) is 13.3 Å². The number of hydrogen-bond donors (Lipinski definition) is 0. The molecule has 0 aromatic carbocycles. The molecule has 0 saturated heterocycles. The molecule has 8 heavy (non-hydrogen) atoms. The molecule has 0 atom stereocenters. The summed E-state index contributed by atoms with van der Waals surface area (Å²) >= 11 is 3.31. The van der Waals surface area contributed by atoms with E-state index in [9.17, 15) is 0 Å². The van der Waals surface area contributed by atoms with Gasteiger partial charge < -0.3 is 0 Å². The van der Waals surface area contributed by atoms with Crippen LogP contribution in [-0.4, -0.2) is 13.3 Å². The molecule has 0 spiro atoms. The van der Waals surface area contributed by atoms with E-state index in [0.29, 0.717) is 0 Å². The fourth-order valence-electron chi connectivity index (χ4n) is 0.371. The van der Waals surface area contributed by atoms with E-state index in [2.05, 4.69) is 33.9 Å². The first-order valence-corrected chi connectivity index (χ1v) is 3.38. The van der Waals surface area contributed by atoms with Crippen molar-refractivity contribution in [1.29, 1.82) is 0 Å². The zero-order valence-electron chi connectivity index (χ0n) is 5.19. The Bertz CT molecular complexity index is 105. The Morgan fingerprint density at radius 3 is 2.75 bits per heavy atom. The SMILES string of the molecule is CC/C=C(/Br)C=NC. The number of hydrogen-bond acceptors (Lipinski definition) is 1. The molecule has 0 radical (unpaired) electrons. The van der Waals surface area contributed by atoms with Gasteiger partial charge in [-0.1, -0.05) is 13.0 Å². The van der Waals surface area contributed by atoms with E-state index in [0.717, 1.165) is 10.9 Å². The monoisotopic (exact) mass is 175 g/mol. The molecule has 0 fully saturated rings. The first-order chi connectivity index (χ1) is 3.81. The predicted molar refractivity (Wildman–Crippen MR) is 41.7 cm³/mol. The number of rotatable bonds is 2. The molecule has 0 aromatic rings. The maximum atomic E-state index is 3.81. The van der Waals surface area contributed by atoms with Crippen LogP contribution in [-0.2, 0) is 0 Å². The molecule has 0 saturated carbocycles. The van der Waals surface area contributed by atoms with Crippen molar-refractivity contribution in [3.8, 4) is 0 Å². The molecule has 0 heterocycles. The highest BCUT2D eigenvalue weighted by Gasteiger charge is 1.77. The fraction of sp³-hybridized carbons (Fsp3) is 0.500. The summed E-state index contributed by atoms with van der Waals surface area (Å²) in [4.78, 5) is 3.81. The highest BCUT2D eigenvalue weighted by atomic mass is 79.9. The Morgan fingerprint density at radius 2 is 2.38 bits per heavy atom. The Morgan fingerprint density at radius 1 is 1.75 bits per heavy atom. The lowest BCUT2D eigenvalue weighted by Crippen LogP contribution is -1.70. The summed E-state index contributed by atoms with van der Waals surface area (Å²) in [7, 11) is 1.75. The predicted octanol–water partition coefficient (Wildman–Crippen LogP) is 2.38. The topological polar surface area (TPSA) is 12.4 Å². The van der Waals surface area contributed by atoms with Gasteiger partial charge in [-0.15, -0.1) is 0 Å². The Balaban J connectivity index is 3.61. The summed E-state index contributed by atoms with van der Waals surface area (Å²) < 4.78 is 1.06. The minimum absolute atomic E-state index is 1.05. The van der Waals surface area contributed by atoms with Gasteiger partial charge >= 0.3 is 0 Å². The first-order valence-electron chi connectivity index (χ1n) is 2.59. The highest BCUT2D eigenvalue weighted by molar-refractivity contribution is 9.12.